The lowest BCUT2D eigenvalue weighted by atomic mass is 9.98. The monoisotopic (exact) mass is 291 g/mol. The zero-order valence-electron chi connectivity index (χ0n) is 13.1. The molecule has 1 amide bonds. The predicted molar refractivity (Wildman–Crippen MR) is 84.9 cm³/mol. The Morgan fingerprint density at radius 2 is 2.29 bits per heavy atom. The maximum Gasteiger partial charge on any atom is 0.251 e. The highest BCUT2D eigenvalue weighted by molar-refractivity contribution is 5.95. The Morgan fingerprint density at radius 3 is 2.90 bits per heavy atom. The summed E-state index contributed by atoms with van der Waals surface area (Å²) >= 11 is 0. The summed E-state index contributed by atoms with van der Waals surface area (Å²) in [4.78, 5) is 14.3. The van der Waals surface area contributed by atoms with Gasteiger partial charge in [0.05, 0.1) is 12.1 Å². The Morgan fingerprint density at radius 1 is 1.48 bits per heavy atom. The zero-order valence-corrected chi connectivity index (χ0v) is 13.1. The third kappa shape index (κ3) is 3.95. The van der Waals surface area contributed by atoms with Gasteiger partial charge in [-0.3, -0.25) is 4.79 Å². The van der Waals surface area contributed by atoms with E-state index in [1.54, 1.807) is 7.11 Å². The smallest absolute Gasteiger partial charge is 0.251 e. The topological polar surface area (TPSA) is 53.6 Å². The third-order valence-corrected chi connectivity index (χ3v) is 3.96. The van der Waals surface area contributed by atoms with Crippen molar-refractivity contribution in [2.75, 3.05) is 45.8 Å². The van der Waals surface area contributed by atoms with E-state index in [9.17, 15) is 4.79 Å². The number of benzene rings is 1. The summed E-state index contributed by atoms with van der Waals surface area (Å²) in [6.45, 7) is 2.19. The number of rotatable bonds is 6. The summed E-state index contributed by atoms with van der Waals surface area (Å²) in [6.07, 6.45) is 2.15. The average Bonchev–Trinajstić information content (AvgIpc) is 2.94. The number of amides is 1. The van der Waals surface area contributed by atoms with Crippen molar-refractivity contribution in [2.45, 2.75) is 18.4 Å². The van der Waals surface area contributed by atoms with E-state index in [0.717, 1.165) is 25.1 Å². The number of carbonyl (C=O) groups is 1. The molecular formula is C16H25N3O2. The number of nitrogens with one attached hydrogen (secondary N) is 2. The molecule has 0 bridgehead atoms. The van der Waals surface area contributed by atoms with E-state index in [0.29, 0.717) is 18.7 Å². The molecule has 1 heterocycles. The molecule has 1 aliphatic heterocycles. The van der Waals surface area contributed by atoms with Crippen molar-refractivity contribution in [2.24, 2.45) is 0 Å². The molecular weight excluding hydrogens is 266 g/mol. The van der Waals surface area contributed by atoms with Gasteiger partial charge in [0.1, 0.15) is 0 Å². The van der Waals surface area contributed by atoms with Crippen molar-refractivity contribution in [1.82, 2.24) is 10.6 Å². The lowest BCUT2D eigenvalue weighted by Crippen LogP contribution is -2.53. The van der Waals surface area contributed by atoms with E-state index in [1.165, 1.54) is 0 Å². The molecule has 0 spiro atoms. The number of anilines is 1. The summed E-state index contributed by atoms with van der Waals surface area (Å²) < 4.78 is 5.30. The molecule has 2 rings (SSSR count). The van der Waals surface area contributed by atoms with Gasteiger partial charge < -0.3 is 20.3 Å². The van der Waals surface area contributed by atoms with Gasteiger partial charge in [-0.2, -0.15) is 0 Å². The van der Waals surface area contributed by atoms with Gasteiger partial charge in [0, 0.05) is 39.0 Å². The van der Waals surface area contributed by atoms with Gasteiger partial charge in [0.15, 0.2) is 0 Å². The Bertz CT molecular complexity index is 482. The molecule has 21 heavy (non-hydrogen) atoms. The van der Waals surface area contributed by atoms with Gasteiger partial charge in [-0.25, -0.2) is 0 Å². The standard InChI is InChI=1S/C16H25N3O2/c1-19(2)14-7-4-6-13(10-14)15(20)17-11-16(12-21-3)8-5-9-18-16/h4,6-7,10,18H,5,8-9,11-12H2,1-3H3,(H,17,20). The first-order chi connectivity index (χ1) is 10.1. The summed E-state index contributed by atoms with van der Waals surface area (Å²) in [7, 11) is 5.63. The van der Waals surface area contributed by atoms with Crippen molar-refractivity contribution in [3.8, 4) is 0 Å². The summed E-state index contributed by atoms with van der Waals surface area (Å²) in [5, 5.41) is 6.49. The van der Waals surface area contributed by atoms with Crippen LogP contribution in [0.2, 0.25) is 0 Å². The Kier molecular flexibility index (Phi) is 5.20. The first-order valence-electron chi connectivity index (χ1n) is 7.36. The third-order valence-electron chi connectivity index (χ3n) is 3.96. The number of methoxy groups -OCH3 is 1. The number of carbonyl (C=O) groups excluding carboxylic acids is 1. The van der Waals surface area contributed by atoms with Crippen LogP contribution in [-0.2, 0) is 4.74 Å². The van der Waals surface area contributed by atoms with Gasteiger partial charge in [0.25, 0.3) is 5.91 Å². The molecule has 1 aromatic rings. The fourth-order valence-electron chi connectivity index (χ4n) is 2.75. The minimum Gasteiger partial charge on any atom is -0.383 e. The van der Waals surface area contributed by atoms with Crippen LogP contribution >= 0.6 is 0 Å². The largest absolute Gasteiger partial charge is 0.383 e. The first kappa shape index (κ1) is 15.8. The van der Waals surface area contributed by atoms with E-state index in [4.69, 9.17) is 4.74 Å². The van der Waals surface area contributed by atoms with Crippen molar-refractivity contribution in [3.63, 3.8) is 0 Å². The molecule has 1 fully saturated rings. The normalized spacial score (nSPS) is 21.3. The lowest BCUT2D eigenvalue weighted by molar-refractivity contribution is 0.0892. The first-order valence-corrected chi connectivity index (χ1v) is 7.36. The summed E-state index contributed by atoms with van der Waals surface area (Å²) in [5.41, 5.74) is 1.59. The molecule has 1 aromatic carbocycles. The van der Waals surface area contributed by atoms with E-state index in [1.807, 2.05) is 43.3 Å². The molecule has 1 atom stereocenters. The second-order valence-electron chi connectivity index (χ2n) is 5.87. The molecule has 0 saturated carbocycles. The molecule has 1 aliphatic rings. The second kappa shape index (κ2) is 6.91. The molecule has 0 aromatic heterocycles. The number of ether oxygens (including phenoxy) is 1. The van der Waals surface area contributed by atoms with Crippen molar-refractivity contribution in [3.05, 3.63) is 29.8 Å². The molecule has 1 unspecified atom stereocenters. The highest BCUT2D eigenvalue weighted by atomic mass is 16.5. The lowest BCUT2D eigenvalue weighted by Gasteiger charge is -2.29. The second-order valence-corrected chi connectivity index (χ2v) is 5.87. The van der Waals surface area contributed by atoms with E-state index in [-0.39, 0.29) is 11.4 Å². The predicted octanol–water partition coefficient (Wildman–Crippen LogP) is 1.25. The van der Waals surface area contributed by atoms with Crippen LogP contribution in [0.15, 0.2) is 24.3 Å². The fraction of sp³-hybridized carbons (Fsp3) is 0.562. The van der Waals surface area contributed by atoms with Gasteiger partial charge in [0.2, 0.25) is 0 Å². The van der Waals surface area contributed by atoms with Crippen molar-refractivity contribution < 1.29 is 9.53 Å². The number of hydrogen-bond donors (Lipinski definition) is 2. The van der Waals surface area contributed by atoms with Gasteiger partial charge >= 0.3 is 0 Å². The van der Waals surface area contributed by atoms with Gasteiger partial charge in [-0.1, -0.05) is 6.07 Å². The number of nitrogens with zero attached hydrogens (tertiary/aromatic N) is 1. The minimum atomic E-state index is -0.121. The molecule has 5 nitrogen and oxygen atoms in total. The summed E-state index contributed by atoms with van der Waals surface area (Å²) in [5.74, 6) is -0.0390. The summed E-state index contributed by atoms with van der Waals surface area (Å²) in [6, 6.07) is 7.64. The molecule has 0 aliphatic carbocycles. The van der Waals surface area contributed by atoms with E-state index < -0.39 is 0 Å². The molecule has 116 valence electrons. The Hall–Kier alpha value is -1.59. The quantitative estimate of drug-likeness (QED) is 0.828. The minimum absolute atomic E-state index is 0.0390. The van der Waals surface area contributed by atoms with E-state index in [2.05, 4.69) is 10.6 Å². The SMILES string of the molecule is COCC1(CNC(=O)c2cccc(N(C)C)c2)CCCN1. The zero-order chi connectivity index (χ0) is 15.3. The van der Waals surface area contributed by atoms with Gasteiger partial charge in [-0.15, -0.1) is 0 Å². The van der Waals surface area contributed by atoms with E-state index >= 15 is 0 Å². The maximum absolute atomic E-state index is 12.3. The van der Waals surface area contributed by atoms with Crippen LogP contribution in [-0.4, -0.2) is 52.3 Å². The highest BCUT2D eigenvalue weighted by Gasteiger charge is 2.33. The molecule has 5 heteroatoms. The van der Waals surface area contributed by atoms with Crippen LogP contribution < -0.4 is 15.5 Å². The molecule has 0 radical (unpaired) electrons. The van der Waals surface area contributed by atoms with Crippen LogP contribution in [0.5, 0.6) is 0 Å². The maximum atomic E-state index is 12.3. The average molecular weight is 291 g/mol. The van der Waals surface area contributed by atoms with Crippen LogP contribution in [0.4, 0.5) is 5.69 Å². The Balaban J connectivity index is 1.99. The van der Waals surface area contributed by atoms with Crippen LogP contribution in [0, 0.1) is 0 Å². The van der Waals surface area contributed by atoms with Crippen molar-refractivity contribution >= 4 is 11.6 Å². The molecule has 1 saturated heterocycles. The number of hydrogen-bond acceptors (Lipinski definition) is 4. The highest BCUT2D eigenvalue weighted by Crippen LogP contribution is 2.19. The molecule has 2 N–H and O–H groups in total. The van der Waals surface area contributed by atoms with Crippen LogP contribution in [0.25, 0.3) is 0 Å². The van der Waals surface area contributed by atoms with Crippen molar-refractivity contribution in [1.29, 1.82) is 0 Å². The fourth-order valence-corrected chi connectivity index (χ4v) is 2.75. The Labute approximate surface area is 126 Å². The van der Waals surface area contributed by atoms with Gasteiger partial charge in [-0.05, 0) is 37.6 Å². The van der Waals surface area contributed by atoms with Crippen LogP contribution in [0.3, 0.4) is 0 Å². The van der Waals surface area contributed by atoms with Crippen LogP contribution in [0.1, 0.15) is 23.2 Å².